The van der Waals surface area contributed by atoms with E-state index in [2.05, 4.69) is 9.71 Å². The molecular weight excluding hydrogens is 405 g/mol. The van der Waals surface area contributed by atoms with E-state index < -0.39 is 15.8 Å². The summed E-state index contributed by atoms with van der Waals surface area (Å²) in [4.78, 5) is 18.6. The molecule has 1 aliphatic heterocycles. The molecule has 8 heteroatoms. The van der Waals surface area contributed by atoms with E-state index in [0.29, 0.717) is 36.8 Å². The van der Waals surface area contributed by atoms with Gasteiger partial charge in [-0.05, 0) is 55.7 Å². The Morgan fingerprint density at radius 1 is 1.10 bits per heavy atom. The van der Waals surface area contributed by atoms with Crippen LogP contribution in [0.3, 0.4) is 0 Å². The molecule has 0 atom stereocenters. The van der Waals surface area contributed by atoms with E-state index in [9.17, 15) is 17.6 Å². The van der Waals surface area contributed by atoms with Gasteiger partial charge in [-0.3, -0.25) is 9.78 Å². The molecule has 156 valence electrons. The third-order valence-corrected chi connectivity index (χ3v) is 7.01. The van der Waals surface area contributed by atoms with E-state index in [1.54, 1.807) is 41.4 Å². The minimum absolute atomic E-state index is 0.0372. The highest BCUT2D eigenvalue weighted by molar-refractivity contribution is 7.89. The number of fused-ring (bicyclic) bond motifs is 1. The highest BCUT2D eigenvalue weighted by atomic mass is 32.2. The van der Waals surface area contributed by atoms with Crippen LogP contribution >= 0.6 is 0 Å². The van der Waals surface area contributed by atoms with E-state index in [1.807, 2.05) is 6.92 Å². The molecule has 2 heterocycles. The number of rotatable bonds is 4. The molecule has 0 spiro atoms. The van der Waals surface area contributed by atoms with Gasteiger partial charge >= 0.3 is 0 Å². The van der Waals surface area contributed by atoms with Crippen LogP contribution < -0.4 is 4.72 Å². The molecule has 2 aromatic carbocycles. The van der Waals surface area contributed by atoms with Crippen LogP contribution in [-0.4, -0.2) is 43.3 Å². The summed E-state index contributed by atoms with van der Waals surface area (Å²) < 4.78 is 42.7. The molecule has 0 unspecified atom stereocenters. The Morgan fingerprint density at radius 2 is 1.83 bits per heavy atom. The van der Waals surface area contributed by atoms with Crippen LogP contribution in [0.1, 0.15) is 28.8 Å². The number of amides is 1. The first kappa shape index (κ1) is 20.4. The SMILES string of the molecule is Cc1ccc(S(=O)(=O)NC2CCN(C(=O)c3ccccc3F)CC2)c2cccnc12. The van der Waals surface area contributed by atoms with Crippen molar-refractivity contribution in [1.29, 1.82) is 0 Å². The number of nitrogens with one attached hydrogen (secondary N) is 1. The van der Waals surface area contributed by atoms with Gasteiger partial charge in [0, 0.05) is 30.7 Å². The first-order valence-corrected chi connectivity index (χ1v) is 11.3. The van der Waals surface area contributed by atoms with Crippen LogP contribution in [0, 0.1) is 12.7 Å². The predicted octanol–water partition coefficient (Wildman–Crippen LogP) is 3.27. The number of hydrogen-bond donors (Lipinski definition) is 1. The van der Waals surface area contributed by atoms with Gasteiger partial charge in [0.05, 0.1) is 16.0 Å². The van der Waals surface area contributed by atoms with Gasteiger partial charge in [-0.25, -0.2) is 17.5 Å². The van der Waals surface area contributed by atoms with Crippen molar-refractivity contribution in [2.45, 2.75) is 30.7 Å². The maximum atomic E-state index is 13.9. The standard InChI is InChI=1S/C22H22FN3O3S/c1-15-8-9-20(18-6-4-12-24-21(15)18)30(28,29)25-16-10-13-26(14-11-16)22(27)17-5-2-3-7-19(17)23/h2-9,12,16,25H,10-11,13-14H2,1H3. The first-order valence-electron chi connectivity index (χ1n) is 9.77. The normalized spacial score (nSPS) is 15.5. The van der Waals surface area contributed by atoms with Crippen LogP contribution in [-0.2, 0) is 10.0 Å². The summed E-state index contributed by atoms with van der Waals surface area (Å²) in [6.45, 7) is 2.61. The van der Waals surface area contributed by atoms with Crippen molar-refractivity contribution in [2.24, 2.45) is 0 Å². The third kappa shape index (κ3) is 3.93. The van der Waals surface area contributed by atoms with E-state index in [0.717, 1.165) is 5.56 Å². The second kappa shape index (κ2) is 8.12. The fourth-order valence-corrected chi connectivity index (χ4v) is 5.31. The minimum Gasteiger partial charge on any atom is -0.338 e. The summed E-state index contributed by atoms with van der Waals surface area (Å²) in [6, 6.07) is 12.4. The third-order valence-electron chi connectivity index (χ3n) is 5.43. The number of aromatic nitrogens is 1. The molecule has 1 fully saturated rings. The van der Waals surface area contributed by atoms with Crippen molar-refractivity contribution in [3.8, 4) is 0 Å². The number of carbonyl (C=O) groups is 1. The Bertz CT molecular complexity index is 1210. The number of nitrogens with zero attached hydrogens (tertiary/aromatic N) is 2. The molecule has 1 N–H and O–H groups in total. The number of halogens is 1. The zero-order valence-electron chi connectivity index (χ0n) is 16.5. The highest BCUT2D eigenvalue weighted by Gasteiger charge is 2.29. The van der Waals surface area contributed by atoms with Gasteiger partial charge in [-0.2, -0.15) is 0 Å². The second-order valence-electron chi connectivity index (χ2n) is 7.45. The Hall–Kier alpha value is -2.84. The van der Waals surface area contributed by atoms with Crippen LogP contribution in [0.2, 0.25) is 0 Å². The average molecular weight is 428 g/mol. The first-order chi connectivity index (χ1) is 14.4. The largest absolute Gasteiger partial charge is 0.338 e. The van der Waals surface area contributed by atoms with Gasteiger partial charge in [0.25, 0.3) is 5.91 Å². The zero-order chi connectivity index (χ0) is 21.3. The van der Waals surface area contributed by atoms with Crippen molar-refractivity contribution in [3.05, 3.63) is 71.7 Å². The van der Waals surface area contributed by atoms with Crippen molar-refractivity contribution in [3.63, 3.8) is 0 Å². The zero-order valence-corrected chi connectivity index (χ0v) is 17.3. The van der Waals surface area contributed by atoms with Gasteiger partial charge in [0.1, 0.15) is 5.82 Å². The average Bonchev–Trinajstić information content (AvgIpc) is 2.74. The maximum Gasteiger partial charge on any atom is 0.256 e. The topological polar surface area (TPSA) is 79.4 Å². The number of sulfonamides is 1. The van der Waals surface area contributed by atoms with Crippen LogP contribution in [0.15, 0.2) is 59.6 Å². The number of aryl methyl sites for hydroxylation is 1. The molecular formula is C22H22FN3O3S. The summed E-state index contributed by atoms with van der Waals surface area (Å²) in [6.07, 6.45) is 2.56. The van der Waals surface area contributed by atoms with E-state index in [-0.39, 0.29) is 22.4 Å². The van der Waals surface area contributed by atoms with Crippen LogP contribution in [0.4, 0.5) is 4.39 Å². The molecule has 1 aliphatic rings. The molecule has 4 rings (SSSR count). The Balaban J connectivity index is 1.47. The van der Waals surface area contributed by atoms with Crippen molar-refractivity contribution in [1.82, 2.24) is 14.6 Å². The van der Waals surface area contributed by atoms with Crippen molar-refractivity contribution >= 4 is 26.8 Å². The Morgan fingerprint density at radius 3 is 2.57 bits per heavy atom. The molecule has 0 aliphatic carbocycles. The number of pyridine rings is 1. The molecule has 6 nitrogen and oxygen atoms in total. The lowest BCUT2D eigenvalue weighted by atomic mass is 10.0. The summed E-state index contributed by atoms with van der Waals surface area (Å²) in [5.41, 5.74) is 1.60. The van der Waals surface area contributed by atoms with Crippen molar-refractivity contribution in [2.75, 3.05) is 13.1 Å². The fraction of sp³-hybridized carbons (Fsp3) is 0.273. The fourth-order valence-electron chi connectivity index (χ4n) is 3.81. The van der Waals surface area contributed by atoms with E-state index in [1.165, 1.54) is 18.2 Å². The van der Waals surface area contributed by atoms with E-state index >= 15 is 0 Å². The van der Waals surface area contributed by atoms with Crippen LogP contribution in [0.25, 0.3) is 10.9 Å². The maximum absolute atomic E-state index is 13.9. The number of hydrogen-bond acceptors (Lipinski definition) is 4. The molecule has 0 bridgehead atoms. The van der Waals surface area contributed by atoms with Crippen molar-refractivity contribution < 1.29 is 17.6 Å². The highest BCUT2D eigenvalue weighted by Crippen LogP contribution is 2.25. The molecule has 0 saturated carbocycles. The molecule has 0 radical (unpaired) electrons. The number of carbonyl (C=O) groups excluding carboxylic acids is 1. The lowest BCUT2D eigenvalue weighted by Gasteiger charge is -2.32. The smallest absolute Gasteiger partial charge is 0.256 e. The molecule has 1 amide bonds. The predicted molar refractivity (Wildman–Crippen MR) is 112 cm³/mol. The summed E-state index contributed by atoms with van der Waals surface area (Å²) in [7, 11) is -3.75. The Kier molecular flexibility index (Phi) is 5.53. The second-order valence-corrected chi connectivity index (χ2v) is 9.13. The molecule has 30 heavy (non-hydrogen) atoms. The lowest BCUT2D eigenvalue weighted by Crippen LogP contribution is -2.46. The lowest BCUT2D eigenvalue weighted by molar-refractivity contribution is 0.0706. The van der Waals surface area contributed by atoms with Gasteiger partial charge < -0.3 is 4.90 Å². The van der Waals surface area contributed by atoms with Crippen LogP contribution in [0.5, 0.6) is 0 Å². The minimum atomic E-state index is -3.75. The molecule has 3 aromatic rings. The summed E-state index contributed by atoms with van der Waals surface area (Å²) >= 11 is 0. The quantitative estimate of drug-likeness (QED) is 0.693. The molecule has 1 aromatic heterocycles. The monoisotopic (exact) mass is 427 g/mol. The summed E-state index contributed by atoms with van der Waals surface area (Å²) in [5.74, 6) is -0.921. The van der Waals surface area contributed by atoms with Gasteiger partial charge in [-0.1, -0.05) is 18.2 Å². The summed E-state index contributed by atoms with van der Waals surface area (Å²) in [5, 5.41) is 0.581. The van der Waals surface area contributed by atoms with Gasteiger partial charge in [-0.15, -0.1) is 0 Å². The number of likely N-dealkylation sites (tertiary alicyclic amines) is 1. The number of benzene rings is 2. The number of piperidine rings is 1. The van der Waals surface area contributed by atoms with Gasteiger partial charge in [0.2, 0.25) is 10.0 Å². The van der Waals surface area contributed by atoms with Gasteiger partial charge in [0.15, 0.2) is 0 Å². The Labute approximate surface area is 174 Å². The molecule has 1 saturated heterocycles. The van der Waals surface area contributed by atoms with E-state index in [4.69, 9.17) is 0 Å².